The molecule has 0 bridgehead atoms. The van der Waals surface area contributed by atoms with E-state index in [1.165, 1.54) is 0 Å². The summed E-state index contributed by atoms with van der Waals surface area (Å²) < 4.78 is 26.5. The zero-order chi connectivity index (χ0) is 13.4. The first-order valence-corrected chi connectivity index (χ1v) is 8.06. The van der Waals surface area contributed by atoms with Crippen molar-refractivity contribution < 1.29 is 21.8 Å². The lowest BCUT2D eigenvalue weighted by Crippen LogP contribution is -2.42. The van der Waals surface area contributed by atoms with Gasteiger partial charge in [-0.3, -0.25) is 3.83 Å². The van der Waals surface area contributed by atoms with Gasteiger partial charge in [0, 0.05) is 34.0 Å². The molecule has 0 N–H and O–H groups in total. The van der Waals surface area contributed by atoms with E-state index in [4.69, 9.17) is 21.8 Å². The highest BCUT2D eigenvalue weighted by molar-refractivity contribution is 9.06. The molecule has 0 aromatic heterocycles. The highest BCUT2D eigenvalue weighted by atomic mass is 79.9. The van der Waals surface area contributed by atoms with E-state index in [-0.39, 0.29) is 5.60 Å². The maximum atomic E-state index is 5.52. The van der Waals surface area contributed by atoms with Gasteiger partial charge >= 0.3 is 8.80 Å². The molecule has 0 spiro atoms. The van der Waals surface area contributed by atoms with Crippen LogP contribution in [0, 0.1) is 0 Å². The number of ether oxygens (including phenoxy) is 1. The maximum absolute atomic E-state index is 5.52. The maximum Gasteiger partial charge on any atom is 0.500 e. The van der Waals surface area contributed by atoms with Gasteiger partial charge in [0.15, 0.2) is 0 Å². The van der Waals surface area contributed by atoms with Gasteiger partial charge in [-0.1, -0.05) is 0 Å². The zero-order valence-corrected chi connectivity index (χ0v) is 13.8. The molecular weight excluding hydrogens is 308 g/mol. The van der Waals surface area contributed by atoms with E-state index < -0.39 is 8.80 Å². The lowest BCUT2D eigenvalue weighted by molar-refractivity contribution is 0.0133. The van der Waals surface area contributed by atoms with Gasteiger partial charge in [-0.05, 0) is 20.3 Å². The van der Waals surface area contributed by atoms with Crippen LogP contribution in [0.15, 0.2) is 0 Å². The lowest BCUT2D eigenvalue weighted by atomic mass is 10.2. The first-order valence-electron chi connectivity index (χ1n) is 5.48. The first kappa shape index (κ1) is 17.5. The van der Waals surface area contributed by atoms with Crippen LogP contribution in [0.2, 0.25) is 6.04 Å². The van der Waals surface area contributed by atoms with Crippen molar-refractivity contribution in [2.24, 2.45) is 0 Å². The van der Waals surface area contributed by atoms with Gasteiger partial charge in [-0.25, -0.2) is 0 Å². The molecule has 0 radical (unpaired) electrons. The summed E-state index contributed by atoms with van der Waals surface area (Å²) >= 11 is 2.97. The molecule has 0 aromatic rings. The summed E-state index contributed by atoms with van der Waals surface area (Å²) in [6.45, 7) is 5.05. The largest absolute Gasteiger partial charge is 0.500 e. The third kappa shape index (κ3) is 6.85. The molecule has 0 aromatic carbocycles. The Morgan fingerprint density at radius 1 is 1.06 bits per heavy atom. The smallest absolute Gasteiger partial charge is 0.378 e. The fourth-order valence-corrected chi connectivity index (χ4v) is 3.07. The molecule has 0 fully saturated rings. The van der Waals surface area contributed by atoms with Crippen molar-refractivity contribution in [2.75, 3.05) is 34.5 Å². The van der Waals surface area contributed by atoms with Crippen LogP contribution in [-0.2, 0) is 21.8 Å². The van der Waals surface area contributed by atoms with Crippen LogP contribution in [0.1, 0.15) is 20.3 Å². The lowest BCUT2D eigenvalue weighted by Gasteiger charge is -2.24. The van der Waals surface area contributed by atoms with Crippen LogP contribution in [0.25, 0.3) is 0 Å². The summed E-state index contributed by atoms with van der Waals surface area (Å²) in [6, 6.07) is 0.742. The number of hydrogen-bond acceptors (Lipinski definition) is 5. The van der Waals surface area contributed by atoms with E-state index in [0.29, 0.717) is 13.2 Å². The van der Waals surface area contributed by atoms with E-state index in [2.05, 4.69) is 16.3 Å². The molecule has 0 aliphatic rings. The Morgan fingerprint density at radius 3 is 2.00 bits per heavy atom. The van der Waals surface area contributed by atoms with Gasteiger partial charge < -0.3 is 18.0 Å². The molecule has 17 heavy (non-hydrogen) atoms. The molecule has 0 saturated heterocycles. The number of halogens is 1. The normalized spacial score (nSPS) is 13.1. The van der Waals surface area contributed by atoms with Crippen LogP contribution < -0.4 is 0 Å². The van der Waals surface area contributed by atoms with Crippen LogP contribution in [0.5, 0.6) is 0 Å². The molecule has 5 nitrogen and oxygen atoms in total. The third-order valence-corrected chi connectivity index (χ3v) is 6.07. The summed E-state index contributed by atoms with van der Waals surface area (Å²) in [5, 5.41) is 0. The molecule has 0 aliphatic heterocycles. The second-order valence-electron chi connectivity index (χ2n) is 4.29. The SMILES string of the molecule is CO[Si](CCCOCC(C)(C)OBr)(OC)OC. The number of rotatable bonds is 10. The quantitative estimate of drug-likeness (QED) is 0.454. The third-order valence-electron chi connectivity index (χ3n) is 2.36. The van der Waals surface area contributed by atoms with Crippen molar-refractivity contribution in [1.29, 1.82) is 0 Å². The fourth-order valence-electron chi connectivity index (χ4n) is 1.29. The van der Waals surface area contributed by atoms with Crippen LogP contribution in [-0.4, -0.2) is 48.9 Å². The fraction of sp³-hybridized carbons (Fsp3) is 1.00. The van der Waals surface area contributed by atoms with E-state index in [9.17, 15) is 0 Å². The van der Waals surface area contributed by atoms with Gasteiger partial charge in [-0.15, -0.1) is 0 Å². The van der Waals surface area contributed by atoms with Crippen molar-refractivity contribution in [1.82, 2.24) is 0 Å². The Balaban J connectivity index is 3.77. The minimum Gasteiger partial charge on any atom is -0.378 e. The molecule has 0 amide bonds. The van der Waals surface area contributed by atoms with Gasteiger partial charge in [0.2, 0.25) is 0 Å². The molecule has 0 unspecified atom stereocenters. The second kappa shape index (κ2) is 8.57. The first-order chi connectivity index (χ1) is 7.95. The average Bonchev–Trinajstić information content (AvgIpc) is 2.34. The molecule has 0 atom stereocenters. The summed E-state index contributed by atoms with van der Waals surface area (Å²) in [7, 11) is 2.40. The number of hydrogen-bond donors (Lipinski definition) is 0. The molecule has 0 aliphatic carbocycles. The Labute approximate surface area is 114 Å². The summed E-state index contributed by atoms with van der Waals surface area (Å²) in [5.41, 5.74) is -0.321. The van der Waals surface area contributed by atoms with Crippen LogP contribution >= 0.6 is 16.3 Å². The summed E-state index contributed by atoms with van der Waals surface area (Å²) in [6.07, 6.45) is 0.833. The molecule has 0 saturated carbocycles. The zero-order valence-electron chi connectivity index (χ0n) is 11.2. The monoisotopic (exact) mass is 330 g/mol. The molecular formula is C10H23BrO5Si. The molecule has 7 heteroatoms. The highest BCUT2D eigenvalue weighted by Crippen LogP contribution is 2.16. The average molecular weight is 331 g/mol. The Hall–Kier alpha value is 0.497. The van der Waals surface area contributed by atoms with E-state index in [1.54, 1.807) is 21.3 Å². The minimum atomic E-state index is -2.44. The van der Waals surface area contributed by atoms with Gasteiger partial charge in [-0.2, -0.15) is 0 Å². The summed E-state index contributed by atoms with van der Waals surface area (Å²) in [4.78, 5) is 0. The van der Waals surface area contributed by atoms with Gasteiger partial charge in [0.05, 0.1) is 22.9 Å². The van der Waals surface area contributed by atoms with E-state index >= 15 is 0 Å². The van der Waals surface area contributed by atoms with Crippen molar-refractivity contribution in [3.8, 4) is 0 Å². The topological polar surface area (TPSA) is 46.2 Å². The standard InChI is InChI=1S/C10H23BrO5Si/c1-10(2,16-11)9-15-7-6-8-17(12-3,13-4)14-5/h6-9H2,1-5H3. The van der Waals surface area contributed by atoms with Crippen LogP contribution in [0.4, 0.5) is 0 Å². The molecule has 0 heterocycles. The van der Waals surface area contributed by atoms with Gasteiger partial charge in [0.1, 0.15) is 5.60 Å². The highest BCUT2D eigenvalue weighted by Gasteiger charge is 2.36. The Kier molecular flexibility index (Phi) is 8.82. The van der Waals surface area contributed by atoms with Crippen molar-refractivity contribution >= 4 is 25.1 Å². The predicted octanol–water partition coefficient (Wildman–Crippen LogP) is 2.38. The van der Waals surface area contributed by atoms with E-state index in [0.717, 1.165) is 12.5 Å². The Bertz CT molecular complexity index is 191. The van der Waals surface area contributed by atoms with Crippen molar-refractivity contribution in [3.63, 3.8) is 0 Å². The van der Waals surface area contributed by atoms with Crippen LogP contribution in [0.3, 0.4) is 0 Å². The molecule has 0 rings (SSSR count). The van der Waals surface area contributed by atoms with Crippen molar-refractivity contribution in [2.45, 2.75) is 31.9 Å². The summed E-state index contributed by atoms with van der Waals surface area (Å²) in [5.74, 6) is 0. The van der Waals surface area contributed by atoms with Crippen molar-refractivity contribution in [3.05, 3.63) is 0 Å². The van der Waals surface area contributed by atoms with E-state index in [1.807, 2.05) is 13.8 Å². The second-order valence-corrected chi connectivity index (χ2v) is 7.70. The molecule has 104 valence electrons. The van der Waals surface area contributed by atoms with Gasteiger partial charge in [0.25, 0.3) is 0 Å². The Morgan fingerprint density at radius 2 is 1.59 bits per heavy atom. The minimum absolute atomic E-state index is 0.321. The predicted molar refractivity (Wildman–Crippen MR) is 71.1 cm³/mol.